The molecule has 0 atom stereocenters. The average molecular weight is 255 g/mol. The fraction of sp³-hybridized carbons (Fsp3) is 0.267. The second-order valence-electron chi connectivity index (χ2n) is 4.82. The molecule has 0 bridgehead atoms. The molecular weight excluding hydrogens is 238 g/mol. The first kappa shape index (κ1) is 12.0. The van der Waals surface area contributed by atoms with E-state index in [0.29, 0.717) is 6.54 Å². The molecule has 0 radical (unpaired) electrons. The first-order valence-electron chi connectivity index (χ1n) is 6.33. The van der Waals surface area contributed by atoms with E-state index in [0.717, 1.165) is 33.8 Å². The molecule has 19 heavy (non-hydrogen) atoms. The zero-order chi connectivity index (χ0) is 13.6. The highest BCUT2D eigenvalue weighted by Crippen LogP contribution is 2.28. The monoisotopic (exact) mass is 255 g/mol. The number of benzene rings is 1. The van der Waals surface area contributed by atoms with Crippen LogP contribution in [0.4, 0.5) is 0 Å². The molecule has 1 aromatic carbocycles. The van der Waals surface area contributed by atoms with Crippen molar-refractivity contribution in [2.45, 2.75) is 20.4 Å². The Morgan fingerprint density at radius 3 is 2.68 bits per heavy atom. The van der Waals surface area contributed by atoms with Crippen LogP contribution in [0.5, 0.6) is 0 Å². The Bertz CT molecular complexity index is 752. The number of nitrogens with zero attached hydrogens (tertiary/aromatic N) is 2. The van der Waals surface area contributed by atoms with Crippen LogP contribution in [-0.4, -0.2) is 9.55 Å². The zero-order valence-corrected chi connectivity index (χ0v) is 11.4. The van der Waals surface area contributed by atoms with Gasteiger partial charge in [-0.3, -0.25) is 0 Å². The predicted molar refractivity (Wildman–Crippen MR) is 75.8 cm³/mol. The van der Waals surface area contributed by atoms with Crippen LogP contribution in [0.1, 0.15) is 17.3 Å². The van der Waals surface area contributed by atoms with Crippen molar-refractivity contribution in [1.82, 2.24) is 9.55 Å². The molecule has 4 nitrogen and oxygen atoms in total. The van der Waals surface area contributed by atoms with Crippen LogP contribution in [0.2, 0.25) is 0 Å². The molecule has 0 aliphatic heterocycles. The third-order valence-electron chi connectivity index (χ3n) is 3.65. The fourth-order valence-corrected chi connectivity index (χ4v) is 2.34. The Kier molecular flexibility index (Phi) is 2.68. The van der Waals surface area contributed by atoms with Crippen molar-refractivity contribution in [3.05, 3.63) is 41.5 Å². The second-order valence-corrected chi connectivity index (χ2v) is 4.82. The topological polar surface area (TPSA) is 57.0 Å². The molecule has 0 aliphatic carbocycles. The summed E-state index contributed by atoms with van der Waals surface area (Å²) in [5.74, 6) is 1.82. The lowest BCUT2D eigenvalue weighted by Gasteiger charge is -2.00. The molecule has 3 aromatic rings. The van der Waals surface area contributed by atoms with Gasteiger partial charge in [-0.15, -0.1) is 0 Å². The quantitative estimate of drug-likeness (QED) is 0.766. The summed E-state index contributed by atoms with van der Waals surface area (Å²) in [6, 6.07) is 8.12. The van der Waals surface area contributed by atoms with E-state index in [1.165, 1.54) is 5.69 Å². The molecule has 0 fully saturated rings. The standard InChI is InChI=1S/C15H17N3O/c1-9-15(17-10(2)18(9)3)11-4-5-14-12(6-11)7-13(8-16)19-14/h4-7H,8,16H2,1-3H3. The van der Waals surface area contributed by atoms with Gasteiger partial charge in [0.15, 0.2) is 0 Å². The number of rotatable bonds is 2. The van der Waals surface area contributed by atoms with Crippen molar-refractivity contribution in [1.29, 1.82) is 0 Å². The van der Waals surface area contributed by atoms with E-state index in [9.17, 15) is 0 Å². The van der Waals surface area contributed by atoms with E-state index < -0.39 is 0 Å². The Morgan fingerprint density at radius 1 is 1.26 bits per heavy atom. The number of imidazole rings is 1. The van der Waals surface area contributed by atoms with E-state index in [1.807, 2.05) is 32.2 Å². The van der Waals surface area contributed by atoms with Gasteiger partial charge in [-0.05, 0) is 38.1 Å². The number of hydrogen-bond acceptors (Lipinski definition) is 3. The average Bonchev–Trinajstić information content (AvgIpc) is 2.94. The van der Waals surface area contributed by atoms with Gasteiger partial charge in [-0.2, -0.15) is 0 Å². The van der Waals surface area contributed by atoms with Crippen molar-refractivity contribution in [3.63, 3.8) is 0 Å². The van der Waals surface area contributed by atoms with Gasteiger partial charge in [0.25, 0.3) is 0 Å². The number of nitrogens with two attached hydrogens (primary N) is 1. The molecule has 3 rings (SSSR count). The molecular formula is C15H17N3O. The highest BCUT2D eigenvalue weighted by atomic mass is 16.3. The van der Waals surface area contributed by atoms with Crippen molar-refractivity contribution in [2.75, 3.05) is 0 Å². The minimum atomic E-state index is 0.422. The summed E-state index contributed by atoms with van der Waals surface area (Å²) in [4.78, 5) is 4.62. The Morgan fingerprint density at radius 2 is 2.05 bits per heavy atom. The maximum atomic E-state index is 5.62. The predicted octanol–water partition coefficient (Wildman–Crippen LogP) is 2.91. The molecule has 4 heteroatoms. The highest BCUT2D eigenvalue weighted by Gasteiger charge is 2.11. The van der Waals surface area contributed by atoms with Gasteiger partial charge in [-0.1, -0.05) is 0 Å². The minimum Gasteiger partial charge on any atom is -0.460 e. The van der Waals surface area contributed by atoms with Crippen molar-refractivity contribution in [2.24, 2.45) is 12.8 Å². The molecule has 2 N–H and O–H groups in total. The van der Waals surface area contributed by atoms with Gasteiger partial charge in [0.05, 0.1) is 12.2 Å². The van der Waals surface area contributed by atoms with Gasteiger partial charge in [0.2, 0.25) is 0 Å². The maximum Gasteiger partial charge on any atom is 0.134 e. The van der Waals surface area contributed by atoms with E-state index in [1.54, 1.807) is 0 Å². The zero-order valence-electron chi connectivity index (χ0n) is 11.4. The molecule has 98 valence electrons. The Labute approximate surface area is 111 Å². The highest BCUT2D eigenvalue weighted by molar-refractivity contribution is 5.83. The molecule has 2 aromatic heterocycles. The fourth-order valence-electron chi connectivity index (χ4n) is 2.34. The summed E-state index contributed by atoms with van der Waals surface area (Å²) in [6.07, 6.45) is 0. The first-order chi connectivity index (χ1) is 9.10. The van der Waals surface area contributed by atoms with Crippen molar-refractivity contribution < 1.29 is 4.42 Å². The molecule has 0 aliphatic rings. The van der Waals surface area contributed by atoms with Crippen LogP contribution in [-0.2, 0) is 13.6 Å². The number of furan rings is 1. The molecule has 0 saturated carbocycles. The van der Waals surface area contributed by atoms with Crippen LogP contribution in [0.3, 0.4) is 0 Å². The van der Waals surface area contributed by atoms with E-state index >= 15 is 0 Å². The first-order valence-corrected chi connectivity index (χ1v) is 6.33. The number of fused-ring (bicyclic) bond motifs is 1. The van der Waals surface area contributed by atoms with E-state index in [-0.39, 0.29) is 0 Å². The Hall–Kier alpha value is -2.07. The summed E-state index contributed by atoms with van der Waals surface area (Å²) in [5.41, 5.74) is 9.77. The lowest BCUT2D eigenvalue weighted by atomic mass is 10.1. The summed E-state index contributed by atoms with van der Waals surface area (Å²) in [5, 5.41) is 1.07. The van der Waals surface area contributed by atoms with Gasteiger partial charge < -0.3 is 14.7 Å². The molecule has 0 spiro atoms. The Balaban J connectivity index is 2.16. The molecule has 0 unspecified atom stereocenters. The van der Waals surface area contributed by atoms with Gasteiger partial charge >= 0.3 is 0 Å². The van der Waals surface area contributed by atoms with Crippen LogP contribution in [0.15, 0.2) is 28.7 Å². The molecule has 2 heterocycles. The second kappa shape index (κ2) is 4.24. The van der Waals surface area contributed by atoms with Gasteiger partial charge in [0, 0.05) is 23.7 Å². The molecule has 0 amide bonds. The van der Waals surface area contributed by atoms with E-state index in [4.69, 9.17) is 10.2 Å². The van der Waals surface area contributed by atoms with Gasteiger partial charge in [-0.25, -0.2) is 4.98 Å². The summed E-state index contributed by atoms with van der Waals surface area (Å²) in [6.45, 7) is 4.52. The minimum absolute atomic E-state index is 0.422. The third-order valence-corrected chi connectivity index (χ3v) is 3.65. The van der Waals surface area contributed by atoms with Crippen LogP contribution < -0.4 is 5.73 Å². The van der Waals surface area contributed by atoms with Crippen LogP contribution >= 0.6 is 0 Å². The lowest BCUT2D eigenvalue weighted by molar-refractivity contribution is 0.552. The third kappa shape index (κ3) is 1.85. The SMILES string of the molecule is Cc1nc(-c2ccc3oc(CN)cc3c2)c(C)n1C. The van der Waals surface area contributed by atoms with E-state index in [2.05, 4.69) is 22.5 Å². The normalized spacial score (nSPS) is 11.4. The largest absolute Gasteiger partial charge is 0.460 e. The molecule has 0 saturated heterocycles. The summed E-state index contributed by atoms with van der Waals surface area (Å²) < 4.78 is 7.71. The van der Waals surface area contributed by atoms with Crippen LogP contribution in [0, 0.1) is 13.8 Å². The van der Waals surface area contributed by atoms with Crippen LogP contribution in [0.25, 0.3) is 22.2 Å². The van der Waals surface area contributed by atoms with Crippen molar-refractivity contribution >= 4 is 11.0 Å². The van der Waals surface area contributed by atoms with Gasteiger partial charge in [0.1, 0.15) is 17.2 Å². The number of aryl methyl sites for hydroxylation is 1. The summed E-state index contributed by atoms with van der Waals surface area (Å²) >= 11 is 0. The number of aromatic nitrogens is 2. The summed E-state index contributed by atoms with van der Waals surface area (Å²) in [7, 11) is 2.03. The maximum absolute atomic E-state index is 5.62. The number of hydrogen-bond donors (Lipinski definition) is 1. The smallest absolute Gasteiger partial charge is 0.134 e. The lowest BCUT2D eigenvalue weighted by Crippen LogP contribution is -1.93. The van der Waals surface area contributed by atoms with Crippen molar-refractivity contribution in [3.8, 4) is 11.3 Å².